The van der Waals surface area contributed by atoms with Crippen LogP contribution >= 0.6 is 15.9 Å². The van der Waals surface area contributed by atoms with Crippen LogP contribution in [0.2, 0.25) is 0 Å². The molecule has 102 valence electrons. The van der Waals surface area contributed by atoms with E-state index in [0.29, 0.717) is 12.6 Å². The Balaban J connectivity index is 1.48. The molecule has 4 heteroatoms. The Labute approximate surface area is 122 Å². The van der Waals surface area contributed by atoms with Crippen molar-refractivity contribution in [3.05, 3.63) is 28.7 Å². The average Bonchev–Trinajstić information content (AvgIpc) is 3.27. The standard InChI is InChI=1S/C15H19BrN2O/c16-12-2-1-3-13(8-12)17-9-14(19)18-15(10-4-5-10)11-6-7-11/h1-3,8,10-11,15,17H,4-7,9H2,(H,18,19). The molecule has 1 aromatic rings. The topological polar surface area (TPSA) is 41.1 Å². The molecular weight excluding hydrogens is 304 g/mol. The quantitative estimate of drug-likeness (QED) is 0.844. The van der Waals surface area contributed by atoms with Gasteiger partial charge in [-0.15, -0.1) is 0 Å². The zero-order chi connectivity index (χ0) is 13.2. The van der Waals surface area contributed by atoms with Crippen LogP contribution in [0.1, 0.15) is 25.7 Å². The van der Waals surface area contributed by atoms with Crippen LogP contribution in [0.5, 0.6) is 0 Å². The van der Waals surface area contributed by atoms with Gasteiger partial charge < -0.3 is 10.6 Å². The third-order valence-electron chi connectivity index (χ3n) is 3.87. The van der Waals surface area contributed by atoms with Crippen molar-refractivity contribution in [1.82, 2.24) is 5.32 Å². The molecule has 3 nitrogen and oxygen atoms in total. The molecule has 0 spiro atoms. The van der Waals surface area contributed by atoms with Crippen molar-refractivity contribution in [3.8, 4) is 0 Å². The fourth-order valence-electron chi connectivity index (χ4n) is 2.55. The number of halogens is 1. The number of carbonyl (C=O) groups excluding carboxylic acids is 1. The molecule has 0 aromatic heterocycles. The van der Waals surface area contributed by atoms with Gasteiger partial charge in [-0.05, 0) is 55.7 Å². The van der Waals surface area contributed by atoms with Crippen LogP contribution in [-0.4, -0.2) is 18.5 Å². The van der Waals surface area contributed by atoms with E-state index >= 15 is 0 Å². The largest absolute Gasteiger partial charge is 0.376 e. The predicted molar refractivity (Wildman–Crippen MR) is 80.0 cm³/mol. The third kappa shape index (κ3) is 3.72. The van der Waals surface area contributed by atoms with Gasteiger partial charge in [-0.25, -0.2) is 0 Å². The second-order valence-electron chi connectivity index (χ2n) is 5.63. The minimum absolute atomic E-state index is 0.115. The maximum absolute atomic E-state index is 12.0. The highest BCUT2D eigenvalue weighted by Gasteiger charge is 2.42. The normalized spacial score (nSPS) is 18.4. The minimum Gasteiger partial charge on any atom is -0.376 e. The molecule has 3 rings (SSSR count). The van der Waals surface area contributed by atoms with Crippen LogP contribution in [0.25, 0.3) is 0 Å². The molecule has 19 heavy (non-hydrogen) atoms. The molecule has 0 atom stereocenters. The number of amides is 1. The highest BCUT2D eigenvalue weighted by Crippen LogP contribution is 2.44. The number of carbonyl (C=O) groups is 1. The highest BCUT2D eigenvalue weighted by atomic mass is 79.9. The zero-order valence-corrected chi connectivity index (χ0v) is 12.4. The van der Waals surface area contributed by atoms with Gasteiger partial charge in [0.1, 0.15) is 0 Å². The van der Waals surface area contributed by atoms with E-state index in [-0.39, 0.29) is 5.91 Å². The lowest BCUT2D eigenvalue weighted by Crippen LogP contribution is -2.41. The van der Waals surface area contributed by atoms with Gasteiger partial charge >= 0.3 is 0 Å². The van der Waals surface area contributed by atoms with Crippen molar-refractivity contribution in [2.45, 2.75) is 31.7 Å². The summed E-state index contributed by atoms with van der Waals surface area (Å²) in [5.74, 6) is 1.62. The summed E-state index contributed by atoms with van der Waals surface area (Å²) in [6.45, 7) is 0.354. The van der Waals surface area contributed by atoms with Crippen LogP contribution < -0.4 is 10.6 Å². The lowest BCUT2D eigenvalue weighted by molar-refractivity contribution is -0.120. The average molecular weight is 323 g/mol. The number of hydrogen-bond acceptors (Lipinski definition) is 2. The zero-order valence-electron chi connectivity index (χ0n) is 10.9. The first-order chi connectivity index (χ1) is 9.22. The molecule has 0 bridgehead atoms. The Hall–Kier alpha value is -1.03. The summed E-state index contributed by atoms with van der Waals surface area (Å²) in [7, 11) is 0. The number of rotatable bonds is 6. The lowest BCUT2D eigenvalue weighted by atomic mass is 10.1. The predicted octanol–water partition coefficient (Wildman–Crippen LogP) is 3.17. The molecule has 2 aliphatic rings. The van der Waals surface area contributed by atoms with E-state index in [0.717, 1.165) is 22.0 Å². The van der Waals surface area contributed by atoms with Gasteiger partial charge in [-0.1, -0.05) is 22.0 Å². The van der Waals surface area contributed by atoms with Crippen LogP contribution in [0.4, 0.5) is 5.69 Å². The Morgan fingerprint density at radius 2 is 1.95 bits per heavy atom. The maximum Gasteiger partial charge on any atom is 0.239 e. The third-order valence-corrected chi connectivity index (χ3v) is 4.36. The van der Waals surface area contributed by atoms with Crippen LogP contribution in [-0.2, 0) is 4.79 Å². The monoisotopic (exact) mass is 322 g/mol. The summed E-state index contributed by atoms with van der Waals surface area (Å²) in [6.07, 6.45) is 5.17. The first-order valence-electron chi connectivity index (χ1n) is 7.01. The molecule has 0 aliphatic heterocycles. The Morgan fingerprint density at radius 1 is 1.26 bits per heavy atom. The van der Waals surface area contributed by atoms with Crippen LogP contribution in [0.3, 0.4) is 0 Å². The molecule has 2 aliphatic carbocycles. The summed E-state index contributed by atoms with van der Waals surface area (Å²) in [5, 5.41) is 6.38. The number of nitrogens with one attached hydrogen (secondary N) is 2. The van der Waals surface area contributed by atoms with Gasteiger partial charge in [0.25, 0.3) is 0 Å². The van der Waals surface area contributed by atoms with E-state index in [2.05, 4.69) is 26.6 Å². The molecule has 2 fully saturated rings. The molecule has 0 saturated heterocycles. The van der Waals surface area contributed by atoms with Crippen molar-refractivity contribution in [2.24, 2.45) is 11.8 Å². The lowest BCUT2D eigenvalue weighted by Gasteiger charge is -2.18. The van der Waals surface area contributed by atoms with Crippen LogP contribution in [0, 0.1) is 11.8 Å². The highest BCUT2D eigenvalue weighted by molar-refractivity contribution is 9.10. The van der Waals surface area contributed by atoms with E-state index < -0.39 is 0 Å². The summed E-state index contributed by atoms with van der Waals surface area (Å²) in [6, 6.07) is 8.32. The van der Waals surface area contributed by atoms with Crippen molar-refractivity contribution < 1.29 is 4.79 Å². The second-order valence-corrected chi connectivity index (χ2v) is 6.55. The minimum atomic E-state index is 0.115. The number of benzene rings is 1. The van der Waals surface area contributed by atoms with E-state index in [1.54, 1.807) is 0 Å². The molecule has 1 aromatic carbocycles. The summed E-state index contributed by atoms with van der Waals surface area (Å²) < 4.78 is 1.02. The molecule has 2 saturated carbocycles. The van der Waals surface area contributed by atoms with E-state index in [9.17, 15) is 4.79 Å². The summed E-state index contributed by atoms with van der Waals surface area (Å²) in [5.41, 5.74) is 0.971. The molecule has 0 radical (unpaired) electrons. The second kappa shape index (κ2) is 5.53. The summed E-state index contributed by atoms with van der Waals surface area (Å²) >= 11 is 3.42. The SMILES string of the molecule is O=C(CNc1cccc(Br)c1)NC(C1CC1)C1CC1. The van der Waals surface area contributed by atoms with Gasteiger partial charge in [0.15, 0.2) is 0 Å². The van der Waals surface area contributed by atoms with Crippen molar-refractivity contribution >= 4 is 27.5 Å². The van der Waals surface area contributed by atoms with Gasteiger partial charge in [0.2, 0.25) is 5.91 Å². The van der Waals surface area contributed by atoms with E-state index in [1.807, 2.05) is 24.3 Å². The van der Waals surface area contributed by atoms with Crippen LogP contribution in [0.15, 0.2) is 28.7 Å². The molecule has 0 heterocycles. The Morgan fingerprint density at radius 3 is 2.53 bits per heavy atom. The molecule has 2 N–H and O–H groups in total. The van der Waals surface area contributed by atoms with Crippen molar-refractivity contribution in [2.75, 3.05) is 11.9 Å². The fraction of sp³-hybridized carbons (Fsp3) is 0.533. The number of hydrogen-bond donors (Lipinski definition) is 2. The summed E-state index contributed by atoms with van der Waals surface area (Å²) in [4.78, 5) is 12.0. The van der Waals surface area contributed by atoms with Crippen molar-refractivity contribution in [1.29, 1.82) is 0 Å². The van der Waals surface area contributed by atoms with Gasteiger partial charge in [-0.3, -0.25) is 4.79 Å². The van der Waals surface area contributed by atoms with Gasteiger partial charge in [0.05, 0.1) is 6.54 Å². The Bertz CT molecular complexity index is 457. The molecule has 0 unspecified atom stereocenters. The molecule has 1 amide bonds. The first kappa shape index (κ1) is 13.0. The maximum atomic E-state index is 12.0. The van der Waals surface area contributed by atoms with Crippen molar-refractivity contribution in [3.63, 3.8) is 0 Å². The number of anilines is 1. The smallest absolute Gasteiger partial charge is 0.239 e. The van der Waals surface area contributed by atoms with E-state index in [1.165, 1.54) is 25.7 Å². The first-order valence-corrected chi connectivity index (χ1v) is 7.80. The molecular formula is C15H19BrN2O. The van der Waals surface area contributed by atoms with Gasteiger partial charge in [0, 0.05) is 16.2 Å². The van der Waals surface area contributed by atoms with E-state index in [4.69, 9.17) is 0 Å². The fourth-order valence-corrected chi connectivity index (χ4v) is 2.95. The van der Waals surface area contributed by atoms with Gasteiger partial charge in [-0.2, -0.15) is 0 Å². The Kier molecular flexibility index (Phi) is 3.78.